The van der Waals surface area contributed by atoms with Crippen LogP contribution in [0.5, 0.6) is 0 Å². The molecule has 4 aliphatic rings. The zero-order valence-corrected chi connectivity index (χ0v) is 17.7. The van der Waals surface area contributed by atoms with Crippen LogP contribution >= 0.6 is 0 Å². The maximum atomic E-state index is 11.0. The minimum absolute atomic E-state index is 0.0376. The first-order valence-corrected chi connectivity index (χ1v) is 11.5. The Morgan fingerprint density at radius 3 is 2.61 bits per heavy atom. The molecule has 0 aliphatic heterocycles. The van der Waals surface area contributed by atoms with Crippen molar-refractivity contribution in [3.05, 3.63) is 11.6 Å². The Balaban J connectivity index is 1.57. The van der Waals surface area contributed by atoms with Gasteiger partial charge in [-0.2, -0.15) is 0 Å². The fourth-order valence-corrected chi connectivity index (χ4v) is 8.28. The third-order valence-corrected chi connectivity index (χ3v) is 9.67. The van der Waals surface area contributed by atoms with E-state index in [2.05, 4.69) is 20.8 Å². The van der Waals surface area contributed by atoms with Gasteiger partial charge in [-0.3, -0.25) is 4.79 Å². The van der Waals surface area contributed by atoms with Crippen molar-refractivity contribution in [1.82, 2.24) is 0 Å². The molecule has 4 aliphatic carbocycles. The van der Waals surface area contributed by atoms with Crippen molar-refractivity contribution in [2.75, 3.05) is 0 Å². The molecule has 28 heavy (non-hydrogen) atoms. The summed E-state index contributed by atoms with van der Waals surface area (Å²) < 4.78 is 0. The first-order chi connectivity index (χ1) is 13.2. The van der Waals surface area contributed by atoms with Gasteiger partial charge in [0.1, 0.15) is 0 Å². The second-order valence-corrected chi connectivity index (χ2v) is 10.9. The van der Waals surface area contributed by atoms with E-state index < -0.39 is 18.2 Å². The first kappa shape index (κ1) is 20.4. The number of carbonyl (C=O) groups is 1. The van der Waals surface area contributed by atoms with Crippen molar-refractivity contribution in [2.45, 2.75) is 90.8 Å². The monoisotopic (exact) mass is 390 g/mol. The highest BCUT2D eigenvalue weighted by atomic mass is 16.4. The second-order valence-electron chi connectivity index (χ2n) is 10.9. The van der Waals surface area contributed by atoms with E-state index in [-0.39, 0.29) is 17.3 Å². The highest BCUT2D eigenvalue weighted by Gasteiger charge is 2.60. The van der Waals surface area contributed by atoms with E-state index in [1.54, 1.807) is 0 Å². The molecular formula is C24H38O4. The first-order valence-electron chi connectivity index (χ1n) is 11.5. The normalized spacial score (nSPS) is 48.8. The van der Waals surface area contributed by atoms with E-state index in [0.29, 0.717) is 29.6 Å². The van der Waals surface area contributed by atoms with Crippen LogP contribution in [0.25, 0.3) is 0 Å². The summed E-state index contributed by atoms with van der Waals surface area (Å²) in [5, 5.41) is 30.2. The van der Waals surface area contributed by atoms with Crippen LogP contribution in [0.2, 0.25) is 0 Å². The van der Waals surface area contributed by atoms with Crippen molar-refractivity contribution in [3.8, 4) is 0 Å². The zero-order valence-electron chi connectivity index (χ0n) is 17.7. The number of aliphatic hydroxyl groups excluding tert-OH is 2. The molecule has 0 radical (unpaired) electrons. The minimum atomic E-state index is -0.683. The van der Waals surface area contributed by atoms with Crippen LogP contribution < -0.4 is 0 Å². The molecule has 158 valence electrons. The van der Waals surface area contributed by atoms with E-state index in [1.165, 1.54) is 25.7 Å². The Hall–Kier alpha value is -0.870. The summed E-state index contributed by atoms with van der Waals surface area (Å²) in [7, 11) is 0. The van der Waals surface area contributed by atoms with E-state index in [1.807, 2.05) is 6.08 Å². The summed E-state index contributed by atoms with van der Waals surface area (Å²) >= 11 is 0. The van der Waals surface area contributed by atoms with Gasteiger partial charge in [-0.05, 0) is 97.4 Å². The van der Waals surface area contributed by atoms with Gasteiger partial charge in [0.05, 0.1) is 12.2 Å². The fraction of sp³-hybridized carbons (Fsp3) is 0.875. The van der Waals surface area contributed by atoms with Crippen molar-refractivity contribution >= 4 is 5.97 Å². The van der Waals surface area contributed by atoms with Gasteiger partial charge in [-0.1, -0.05) is 26.8 Å². The molecule has 3 saturated carbocycles. The highest BCUT2D eigenvalue weighted by Crippen LogP contribution is 2.67. The van der Waals surface area contributed by atoms with Crippen LogP contribution in [0.3, 0.4) is 0 Å². The highest BCUT2D eigenvalue weighted by molar-refractivity contribution is 5.66. The van der Waals surface area contributed by atoms with Gasteiger partial charge >= 0.3 is 5.97 Å². The van der Waals surface area contributed by atoms with E-state index in [0.717, 1.165) is 31.3 Å². The molecule has 4 rings (SSSR count). The summed E-state index contributed by atoms with van der Waals surface area (Å²) in [5.41, 5.74) is 1.43. The Kier molecular flexibility index (Phi) is 5.19. The zero-order chi connectivity index (χ0) is 20.3. The lowest BCUT2D eigenvalue weighted by atomic mass is 9.46. The molecule has 0 aromatic carbocycles. The lowest BCUT2D eigenvalue weighted by Crippen LogP contribution is -2.54. The number of aliphatic carboxylic acids is 1. The molecule has 0 unspecified atom stereocenters. The van der Waals surface area contributed by atoms with Gasteiger partial charge in [-0.15, -0.1) is 0 Å². The average Bonchev–Trinajstić information content (AvgIpc) is 2.99. The molecule has 0 bridgehead atoms. The maximum Gasteiger partial charge on any atom is 0.303 e. The van der Waals surface area contributed by atoms with Gasteiger partial charge in [0, 0.05) is 6.42 Å². The van der Waals surface area contributed by atoms with Gasteiger partial charge in [0.25, 0.3) is 0 Å². The number of fused-ring (bicyclic) bond motifs is 5. The molecule has 3 N–H and O–H groups in total. The largest absolute Gasteiger partial charge is 0.481 e. The van der Waals surface area contributed by atoms with Gasteiger partial charge in [-0.25, -0.2) is 0 Å². The molecule has 0 aromatic heterocycles. The molecule has 0 amide bonds. The summed E-state index contributed by atoms with van der Waals surface area (Å²) in [6.45, 7) is 7.07. The third-order valence-electron chi connectivity index (χ3n) is 9.67. The summed E-state index contributed by atoms with van der Waals surface area (Å²) in [4.78, 5) is 11.0. The van der Waals surface area contributed by atoms with E-state index in [4.69, 9.17) is 5.11 Å². The van der Waals surface area contributed by atoms with Gasteiger partial charge < -0.3 is 15.3 Å². The number of aliphatic hydroxyl groups is 2. The molecule has 4 nitrogen and oxygen atoms in total. The van der Waals surface area contributed by atoms with Crippen molar-refractivity contribution in [2.24, 2.45) is 40.4 Å². The molecule has 3 fully saturated rings. The molecule has 0 saturated heterocycles. The lowest BCUT2D eigenvalue weighted by Gasteiger charge is -2.60. The van der Waals surface area contributed by atoms with E-state index in [9.17, 15) is 15.0 Å². The average molecular weight is 391 g/mol. The molecule has 0 spiro atoms. The number of hydrogen-bond acceptors (Lipinski definition) is 3. The topological polar surface area (TPSA) is 77.8 Å². The number of hydrogen-bond donors (Lipinski definition) is 3. The van der Waals surface area contributed by atoms with Crippen molar-refractivity contribution in [3.63, 3.8) is 0 Å². The summed E-state index contributed by atoms with van der Waals surface area (Å²) in [5.74, 6) is 2.18. The quantitative estimate of drug-likeness (QED) is 0.622. The molecule has 4 heteroatoms. The molecular weight excluding hydrogens is 352 g/mol. The number of rotatable bonds is 4. The molecule has 0 heterocycles. The van der Waals surface area contributed by atoms with Crippen LogP contribution in [0.1, 0.15) is 78.6 Å². The standard InChI is InChI=1S/C24H38O4/c1-14(4-7-22(27)28)17-5-6-18-16-13-21(26)20-12-15(25)8-10-24(20,3)19(16)9-11-23(17,18)2/h12,14-19,21,25-26H,4-11,13H2,1-3H3,(H,27,28)/t14-,15-,16+,17-,18+,19+,21-,23-,24+/m0/s1. The Morgan fingerprint density at radius 2 is 1.89 bits per heavy atom. The predicted molar refractivity (Wildman–Crippen MR) is 109 cm³/mol. The fourth-order valence-electron chi connectivity index (χ4n) is 8.28. The molecule has 0 aromatic rings. The predicted octanol–water partition coefficient (Wildman–Crippen LogP) is 4.40. The Bertz CT molecular complexity index is 657. The Morgan fingerprint density at radius 1 is 1.14 bits per heavy atom. The summed E-state index contributed by atoms with van der Waals surface area (Å²) in [6, 6.07) is 0. The second kappa shape index (κ2) is 7.12. The minimum Gasteiger partial charge on any atom is -0.481 e. The maximum absolute atomic E-state index is 11.0. The van der Waals surface area contributed by atoms with Gasteiger partial charge in [0.15, 0.2) is 0 Å². The van der Waals surface area contributed by atoms with Crippen LogP contribution in [0, 0.1) is 40.4 Å². The Labute approximate surface area is 169 Å². The molecule has 9 atom stereocenters. The number of carboxylic acid groups (broad SMARTS) is 1. The third kappa shape index (κ3) is 3.06. The van der Waals surface area contributed by atoms with Crippen molar-refractivity contribution < 1.29 is 20.1 Å². The lowest BCUT2D eigenvalue weighted by molar-refractivity contribution is -0.137. The van der Waals surface area contributed by atoms with Crippen LogP contribution in [0.4, 0.5) is 0 Å². The van der Waals surface area contributed by atoms with Crippen LogP contribution in [0.15, 0.2) is 11.6 Å². The van der Waals surface area contributed by atoms with Crippen LogP contribution in [-0.4, -0.2) is 33.5 Å². The van der Waals surface area contributed by atoms with Gasteiger partial charge in [0.2, 0.25) is 0 Å². The number of carboxylic acids is 1. The van der Waals surface area contributed by atoms with E-state index >= 15 is 0 Å². The summed E-state index contributed by atoms with van der Waals surface area (Å²) in [6.07, 6.45) is 9.72. The van der Waals surface area contributed by atoms with Crippen molar-refractivity contribution in [1.29, 1.82) is 0 Å². The SMILES string of the molecule is C[C@@H](CCC(=O)O)[C@@H]1CC[C@@H]2[C@H]3C[C@H](O)C4=C[C@@H](O)CC[C@]4(C)[C@@H]3CC[C@]21C. The smallest absolute Gasteiger partial charge is 0.303 e. The van der Waals surface area contributed by atoms with Crippen LogP contribution in [-0.2, 0) is 4.79 Å².